The second-order valence-corrected chi connectivity index (χ2v) is 3.58. The molecule has 4 nitrogen and oxygen atoms in total. The van der Waals surface area contributed by atoms with Gasteiger partial charge >= 0.3 is 0 Å². The van der Waals surface area contributed by atoms with E-state index in [0.29, 0.717) is 13.2 Å². The quantitative estimate of drug-likeness (QED) is 0.613. The Hall–Kier alpha value is -0.610. The Labute approximate surface area is 84.6 Å². The van der Waals surface area contributed by atoms with Crippen molar-refractivity contribution in [3.63, 3.8) is 0 Å². The van der Waals surface area contributed by atoms with E-state index in [4.69, 9.17) is 9.84 Å². The Morgan fingerprint density at radius 1 is 1.43 bits per heavy atom. The number of hydrogen-bond donors (Lipinski definition) is 2. The van der Waals surface area contributed by atoms with Crippen LogP contribution in [-0.2, 0) is 9.53 Å². The van der Waals surface area contributed by atoms with Crippen LogP contribution in [0.15, 0.2) is 0 Å². The van der Waals surface area contributed by atoms with Gasteiger partial charge in [-0.3, -0.25) is 4.79 Å². The molecule has 0 spiro atoms. The van der Waals surface area contributed by atoms with Gasteiger partial charge in [-0.1, -0.05) is 0 Å². The lowest BCUT2D eigenvalue weighted by Crippen LogP contribution is -2.34. The van der Waals surface area contributed by atoms with Crippen LogP contribution in [0.4, 0.5) is 0 Å². The average Bonchev–Trinajstić information content (AvgIpc) is 2.70. The van der Waals surface area contributed by atoms with Gasteiger partial charge in [0.05, 0.1) is 0 Å². The summed E-state index contributed by atoms with van der Waals surface area (Å²) in [7, 11) is 0. The van der Waals surface area contributed by atoms with Crippen LogP contribution in [-0.4, -0.2) is 36.9 Å². The third-order valence-electron chi connectivity index (χ3n) is 2.36. The molecule has 1 aliphatic heterocycles. The largest absolute Gasteiger partial charge is 0.396 e. The van der Waals surface area contributed by atoms with Gasteiger partial charge in [0.15, 0.2) is 0 Å². The van der Waals surface area contributed by atoms with Gasteiger partial charge < -0.3 is 15.2 Å². The average molecular weight is 201 g/mol. The van der Waals surface area contributed by atoms with E-state index < -0.39 is 0 Å². The first-order valence-electron chi connectivity index (χ1n) is 5.35. The number of hydrogen-bond acceptors (Lipinski definition) is 3. The van der Waals surface area contributed by atoms with Crippen molar-refractivity contribution in [3.05, 3.63) is 0 Å². The maximum Gasteiger partial charge on any atom is 0.249 e. The van der Waals surface area contributed by atoms with Gasteiger partial charge in [0.25, 0.3) is 0 Å². The number of rotatable bonds is 6. The first-order chi connectivity index (χ1) is 6.84. The van der Waals surface area contributed by atoms with Crippen molar-refractivity contribution in [2.45, 2.75) is 38.2 Å². The van der Waals surface area contributed by atoms with Crippen molar-refractivity contribution in [1.82, 2.24) is 5.32 Å². The molecule has 0 bridgehead atoms. The number of ether oxygens (including phenoxy) is 1. The van der Waals surface area contributed by atoms with Gasteiger partial charge in [0.2, 0.25) is 5.91 Å². The van der Waals surface area contributed by atoms with E-state index in [2.05, 4.69) is 5.32 Å². The minimum absolute atomic E-state index is 0.0199. The number of amides is 1. The molecule has 1 saturated heterocycles. The molecule has 1 amide bonds. The molecule has 1 atom stereocenters. The SMILES string of the molecule is O=C(NCCCCCO)[C@H]1CCCO1. The Morgan fingerprint density at radius 3 is 2.93 bits per heavy atom. The van der Waals surface area contributed by atoms with Gasteiger partial charge in [0.1, 0.15) is 6.10 Å². The number of carbonyl (C=O) groups excluding carboxylic acids is 1. The number of unbranched alkanes of at least 4 members (excludes halogenated alkanes) is 2. The van der Waals surface area contributed by atoms with E-state index >= 15 is 0 Å². The zero-order valence-corrected chi connectivity index (χ0v) is 8.50. The molecule has 1 fully saturated rings. The molecule has 0 unspecified atom stereocenters. The predicted octanol–water partition coefficient (Wildman–Crippen LogP) is 0.444. The van der Waals surface area contributed by atoms with E-state index in [1.54, 1.807) is 0 Å². The van der Waals surface area contributed by atoms with Crippen molar-refractivity contribution in [2.75, 3.05) is 19.8 Å². The minimum Gasteiger partial charge on any atom is -0.396 e. The highest BCUT2D eigenvalue weighted by atomic mass is 16.5. The lowest BCUT2D eigenvalue weighted by Gasteiger charge is -2.09. The Bertz CT molecular complexity index is 167. The summed E-state index contributed by atoms with van der Waals surface area (Å²) in [6.07, 6.45) is 4.33. The Kier molecular flexibility index (Phi) is 5.56. The van der Waals surface area contributed by atoms with Crippen LogP contribution < -0.4 is 5.32 Å². The second kappa shape index (κ2) is 6.79. The van der Waals surface area contributed by atoms with Gasteiger partial charge in [-0.05, 0) is 32.1 Å². The fourth-order valence-corrected chi connectivity index (χ4v) is 1.52. The summed E-state index contributed by atoms with van der Waals surface area (Å²) in [5.41, 5.74) is 0. The number of nitrogens with one attached hydrogen (secondary N) is 1. The standard InChI is InChI=1S/C10H19NO3/c12-7-3-1-2-6-11-10(13)9-5-4-8-14-9/h9,12H,1-8H2,(H,11,13)/t9-/m1/s1. The number of carbonyl (C=O) groups is 1. The molecule has 0 aliphatic carbocycles. The highest BCUT2D eigenvalue weighted by Crippen LogP contribution is 2.11. The Balaban J connectivity index is 1.97. The molecule has 1 rings (SSSR count). The van der Waals surface area contributed by atoms with Gasteiger partial charge in [-0.2, -0.15) is 0 Å². The zero-order chi connectivity index (χ0) is 10.2. The fraction of sp³-hybridized carbons (Fsp3) is 0.900. The molecule has 14 heavy (non-hydrogen) atoms. The molecule has 0 aromatic carbocycles. The lowest BCUT2D eigenvalue weighted by atomic mass is 10.2. The molecule has 1 heterocycles. The van der Waals surface area contributed by atoms with E-state index in [0.717, 1.165) is 32.1 Å². The highest BCUT2D eigenvalue weighted by Gasteiger charge is 2.22. The van der Waals surface area contributed by atoms with Gasteiger partial charge in [-0.15, -0.1) is 0 Å². The molecule has 0 radical (unpaired) electrons. The summed E-state index contributed by atoms with van der Waals surface area (Å²) in [4.78, 5) is 11.4. The summed E-state index contributed by atoms with van der Waals surface area (Å²) < 4.78 is 5.24. The van der Waals surface area contributed by atoms with Crippen molar-refractivity contribution in [3.8, 4) is 0 Å². The van der Waals surface area contributed by atoms with E-state index in [-0.39, 0.29) is 18.6 Å². The maximum atomic E-state index is 11.4. The van der Waals surface area contributed by atoms with Gasteiger partial charge in [0, 0.05) is 19.8 Å². The monoisotopic (exact) mass is 201 g/mol. The van der Waals surface area contributed by atoms with E-state index in [1.807, 2.05) is 0 Å². The van der Waals surface area contributed by atoms with E-state index in [1.165, 1.54) is 0 Å². The highest BCUT2D eigenvalue weighted by molar-refractivity contribution is 5.80. The topological polar surface area (TPSA) is 58.6 Å². The predicted molar refractivity (Wildman–Crippen MR) is 52.9 cm³/mol. The zero-order valence-electron chi connectivity index (χ0n) is 8.50. The molecule has 0 aromatic heterocycles. The minimum atomic E-state index is -0.215. The lowest BCUT2D eigenvalue weighted by molar-refractivity contribution is -0.130. The van der Waals surface area contributed by atoms with Crippen LogP contribution in [0.3, 0.4) is 0 Å². The first-order valence-corrected chi connectivity index (χ1v) is 5.35. The molecule has 2 N–H and O–H groups in total. The second-order valence-electron chi connectivity index (χ2n) is 3.58. The summed E-state index contributed by atoms with van der Waals surface area (Å²) in [5.74, 6) is 0.0199. The Morgan fingerprint density at radius 2 is 2.29 bits per heavy atom. The van der Waals surface area contributed by atoms with Crippen molar-refractivity contribution < 1.29 is 14.6 Å². The van der Waals surface area contributed by atoms with Crippen molar-refractivity contribution >= 4 is 5.91 Å². The van der Waals surface area contributed by atoms with Crippen molar-refractivity contribution in [2.24, 2.45) is 0 Å². The molecular formula is C10H19NO3. The summed E-state index contributed by atoms with van der Waals surface area (Å²) in [5, 5.41) is 11.4. The van der Waals surface area contributed by atoms with Crippen LogP contribution in [0.5, 0.6) is 0 Å². The molecular weight excluding hydrogens is 182 g/mol. The van der Waals surface area contributed by atoms with Crippen LogP contribution in [0, 0.1) is 0 Å². The summed E-state index contributed by atoms with van der Waals surface area (Å²) in [6, 6.07) is 0. The summed E-state index contributed by atoms with van der Waals surface area (Å²) in [6.45, 7) is 1.64. The third-order valence-corrected chi connectivity index (χ3v) is 2.36. The van der Waals surface area contributed by atoms with Crippen molar-refractivity contribution in [1.29, 1.82) is 0 Å². The number of aliphatic hydroxyl groups excluding tert-OH is 1. The third kappa shape index (κ3) is 4.07. The van der Waals surface area contributed by atoms with Crippen LogP contribution in [0.25, 0.3) is 0 Å². The smallest absolute Gasteiger partial charge is 0.249 e. The summed E-state index contributed by atoms with van der Waals surface area (Å²) >= 11 is 0. The first kappa shape index (κ1) is 11.5. The molecule has 0 aromatic rings. The van der Waals surface area contributed by atoms with Crippen LogP contribution in [0.1, 0.15) is 32.1 Å². The number of aliphatic hydroxyl groups is 1. The molecule has 1 aliphatic rings. The van der Waals surface area contributed by atoms with Gasteiger partial charge in [-0.25, -0.2) is 0 Å². The maximum absolute atomic E-state index is 11.4. The molecule has 0 saturated carbocycles. The fourth-order valence-electron chi connectivity index (χ4n) is 1.52. The van der Waals surface area contributed by atoms with Crippen LogP contribution in [0.2, 0.25) is 0 Å². The van der Waals surface area contributed by atoms with E-state index in [9.17, 15) is 4.79 Å². The normalized spacial score (nSPS) is 21.1. The molecule has 82 valence electrons. The van der Waals surface area contributed by atoms with Crippen LogP contribution >= 0.6 is 0 Å². The molecule has 4 heteroatoms.